The number of nitrogen functional groups attached to an aromatic ring is 1. The van der Waals surface area contributed by atoms with Crippen LogP contribution in [0.1, 0.15) is 5.56 Å². The van der Waals surface area contributed by atoms with Gasteiger partial charge in [0.2, 0.25) is 0 Å². The van der Waals surface area contributed by atoms with Gasteiger partial charge in [0.15, 0.2) is 5.03 Å². The van der Waals surface area contributed by atoms with Crippen molar-refractivity contribution in [2.24, 2.45) is 5.73 Å². The quantitative estimate of drug-likeness (QED) is 0.558. The van der Waals surface area contributed by atoms with Crippen LogP contribution in [0, 0.1) is 5.41 Å². The van der Waals surface area contributed by atoms with Crippen LogP contribution in [0.3, 0.4) is 0 Å². The van der Waals surface area contributed by atoms with Crippen molar-refractivity contribution in [1.29, 1.82) is 5.41 Å². The average Bonchev–Trinajstić information content (AvgIpc) is 2.92. The lowest BCUT2D eigenvalue weighted by Crippen LogP contribution is -2.27. The van der Waals surface area contributed by atoms with Gasteiger partial charge in [-0.25, -0.2) is 4.98 Å². The summed E-state index contributed by atoms with van der Waals surface area (Å²) in [4.78, 5) is 6.25. The molecule has 19 heavy (non-hydrogen) atoms. The molecule has 0 amide bonds. The number of imidazole rings is 1. The van der Waals surface area contributed by atoms with Crippen LogP contribution in [0.25, 0.3) is 0 Å². The van der Waals surface area contributed by atoms with E-state index in [0.29, 0.717) is 11.3 Å². The minimum atomic E-state index is -3.69. The number of anilines is 1. The van der Waals surface area contributed by atoms with E-state index in [1.165, 1.54) is 25.6 Å². The second-order valence-corrected chi connectivity index (χ2v) is 5.79. The molecule has 2 aromatic rings. The number of benzene rings is 1. The summed E-state index contributed by atoms with van der Waals surface area (Å²) in [6.45, 7) is 0. The van der Waals surface area contributed by atoms with Crippen LogP contribution < -0.4 is 10.0 Å². The molecule has 0 aliphatic carbocycles. The maximum atomic E-state index is 12.2. The third kappa shape index (κ3) is 2.43. The molecule has 0 saturated carbocycles. The molecule has 4 N–H and O–H groups in total. The SMILES string of the molecule is CN(c1cccc(C(=N)N)c1)S(=O)(=O)c1cnc[nH]1. The summed E-state index contributed by atoms with van der Waals surface area (Å²) in [6, 6.07) is 6.45. The lowest BCUT2D eigenvalue weighted by molar-refractivity contribution is 0.591. The van der Waals surface area contributed by atoms with Gasteiger partial charge in [0.25, 0.3) is 10.0 Å². The summed E-state index contributed by atoms with van der Waals surface area (Å²) in [7, 11) is -2.26. The first kappa shape index (κ1) is 13.1. The van der Waals surface area contributed by atoms with Crippen LogP contribution in [-0.2, 0) is 10.0 Å². The molecular weight excluding hydrogens is 266 g/mol. The molecule has 2 rings (SSSR count). The first-order chi connectivity index (χ1) is 8.93. The number of amidine groups is 1. The molecule has 1 aromatic carbocycles. The molecule has 0 unspecified atom stereocenters. The molecule has 0 saturated heterocycles. The van der Waals surface area contributed by atoms with Crippen LogP contribution >= 0.6 is 0 Å². The zero-order valence-electron chi connectivity index (χ0n) is 10.2. The Bertz CT molecular complexity index is 694. The number of aromatic nitrogens is 2. The highest BCUT2D eigenvalue weighted by Gasteiger charge is 2.22. The maximum absolute atomic E-state index is 12.2. The molecule has 0 aliphatic heterocycles. The van der Waals surface area contributed by atoms with Gasteiger partial charge in [-0.1, -0.05) is 12.1 Å². The first-order valence-corrected chi connectivity index (χ1v) is 6.78. The minimum absolute atomic E-state index is 0.00299. The number of rotatable bonds is 4. The van der Waals surface area contributed by atoms with Gasteiger partial charge < -0.3 is 10.7 Å². The Kier molecular flexibility index (Phi) is 3.26. The Morgan fingerprint density at radius 1 is 1.47 bits per heavy atom. The number of hydrogen-bond donors (Lipinski definition) is 3. The lowest BCUT2D eigenvalue weighted by atomic mass is 10.2. The van der Waals surface area contributed by atoms with Gasteiger partial charge in [-0.05, 0) is 12.1 Å². The molecule has 7 nitrogen and oxygen atoms in total. The molecule has 1 heterocycles. The zero-order valence-corrected chi connectivity index (χ0v) is 11.0. The number of sulfonamides is 1. The monoisotopic (exact) mass is 279 g/mol. The highest BCUT2D eigenvalue weighted by molar-refractivity contribution is 7.92. The number of nitrogens with one attached hydrogen (secondary N) is 2. The molecule has 1 aromatic heterocycles. The van der Waals surface area contributed by atoms with Gasteiger partial charge >= 0.3 is 0 Å². The van der Waals surface area contributed by atoms with Gasteiger partial charge in [-0.15, -0.1) is 0 Å². The summed E-state index contributed by atoms with van der Waals surface area (Å²) >= 11 is 0. The molecule has 0 atom stereocenters. The minimum Gasteiger partial charge on any atom is -0.384 e. The zero-order chi connectivity index (χ0) is 14.0. The van der Waals surface area contributed by atoms with Crippen molar-refractivity contribution in [3.63, 3.8) is 0 Å². The standard InChI is InChI=1S/C11H13N5O2S/c1-16(19(17,18)10-6-14-7-15-10)9-4-2-3-8(5-9)11(12)13/h2-7H,1H3,(H3,12,13)(H,14,15). The summed E-state index contributed by atoms with van der Waals surface area (Å²) in [5.74, 6) is -0.116. The van der Waals surface area contributed by atoms with Gasteiger partial charge in [0.1, 0.15) is 5.84 Å². The predicted octanol–water partition coefficient (Wildman–Crippen LogP) is 0.519. The molecule has 0 radical (unpaired) electrons. The highest BCUT2D eigenvalue weighted by Crippen LogP contribution is 2.21. The highest BCUT2D eigenvalue weighted by atomic mass is 32.2. The Labute approximate surface area is 110 Å². The fourth-order valence-corrected chi connectivity index (χ4v) is 2.62. The fraction of sp³-hybridized carbons (Fsp3) is 0.0909. The van der Waals surface area contributed by atoms with E-state index in [4.69, 9.17) is 11.1 Å². The van der Waals surface area contributed by atoms with Crippen molar-refractivity contribution in [2.75, 3.05) is 11.4 Å². The van der Waals surface area contributed by atoms with E-state index < -0.39 is 10.0 Å². The summed E-state index contributed by atoms with van der Waals surface area (Å²) in [5.41, 5.74) is 6.27. The van der Waals surface area contributed by atoms with Gasteiger partial charge in [-0.3, -0.25) is 9.71 Å². The Hall–Kier alpha value is -2.35. The lowest BCUT2D eigenvalue weighted by Gasteiger charge is -2.18. The third-order valence-corrected chi connectivity index (χ3v) is 4.34. The van der Waals surface area contributed by atoms with Crippen molar-refractivity contribution in [3.05, 3.63) is 42.4 Å². The molecule has 100 valence electrons. The second-order valence-electron chi connectivity index (χ2n) is 3.85. The molecule has 0 bridgehead atoms. The topological polar surface area (TPSA) is 116 Å². The average molecular weight is 279 g/mol. The van der Waals surface area contributed by atoms with E-state index in [0.717, 1.165) is 4.31 Å². The first-order valence-electron chi connectivity index (χ1n) is 5.34. The van der Waals surface area contributed by atoms with Crippen molar-refractivity contribution in [2.45, 2.75) is 5.03 Å². The van der Waals surface area contributed by atoms with Crippen LogP contribution in [-0.4, -0.2) is 31.3 Å². The van der Waals surface area contributed by atoms with Crippen LogP contribution in [0.15, 0.2) is 41.8 Å². The number of H-pyrrole nitrogens is 1. The van der Waals surface area contributed by atoms with Crippen molar-refractivity contribution < 1.29 is 8.42 Å². The van der Waals surface area contributed by atoms with Crippen LogP contribution in [0.4, 0.5) is 5.69 Å². The number of nitrogens with two attached hydrogens (primary N) is 1. The normalized spacial score (nSPS) is 11.2. The summed E-state index contributed by atoms with van der Waals surface area (Å²) in [5, 5.41) is 7.36. The van der Waals surface area contributed by atoms with Gasteiger partial charge in [-0.2, -0.15) is 8.42 Å². The van der Waals surface area contributed by atoms with Crippen molar-refractivity contribution in [3.8, 4) is 0 Å². The number of hydrogen-bond acceptors (Lipinski definition) is 4. The molecule has 8 heteroatoms. The summed E-state index contributed by atoms with van der Waals surface area (Å²) < 4.78 is 25.6. The molecular formula is C11H13N5O2S. The largest absolute Gasteiger partial charge is 0.384 e. The van der Waals surface area contributed by atoms with E-state index in [9.17, 15) is 8.42 Å². The fourth-order valence-electron chi connectivity index (χ4n) is 1.54. The van der Waals surface area contributed by atoms with E-state index in [1.54, 1.807) is 18.2 Å². The van der Waals surface area contributed by atoms with Gasteiger partial charge in [0.05, 0.1) is 18.2 Å². The van der Waals surface area contributed by atoms with Gasteiger partial charge in [0, 0.05) is 12.6 Å². The van der Waals surface area contributed by atoms with Crippen LogP contribution in [0.2, 0.25) is 0 Å². The number of nitrogens with zero attached hydrogens (tertiary/aromatic N) is 2. The predicted molar refractivity (Wildman–Crippen MR) is 71.6 cm³/mol. The second kappa shape index (κ2) is 4.73. The molecule has 0 spiro atoms. The van der Waals surface area contributed by atoms with E-state index in [-0.39, 0.29) is 10.9 Å². The molecule has 0 fully saturated rings. The third-order valence-electron chi connectivity index (χ3n) is 2.63. The maximum Gasteiger partial charge on any atom is 0.281 e. The van der Waals surface area contributed by atoms with Crippen molar-refractivity contribution in [1.82, 2.24) is 9.97 Å². The smallest absolute Gasteiger partial charge is 0.281 e. The Morgan fingerprint density at radius 3 is 2.79 bits per heavy atom. The van der Waals surface area contributed by atoms with E-state index in [2.05, 4.69) is 9.97 Å². The van der Waals surface area contributed by atoms with Crippen LogP contribution in [0.5, 0.6) is 0 Å². The number of aromatic amines is 1. The Balaban J connectivity index is 2.42. The van der Waals surface area contributed by atoms with Crippen molar-refractivity contribution >= 4 is 21.5 Å². The van der Waals surface area contributed by atoms with E-state index in [1.807, 2.05) is 0 Å². The Morgan fingerprint density at radius 2 is 2.21 bits per heavy atom. The van der Waals surface area contributed by atoms with E-state index >= 15 is 0 Å². The molecule has 0 aliphatic rings. The summed E-state index contributed by atoms with van der Waals surface area (Å²) in [6.07, 6.45) is 2.54.